The number of hydrogen-bond donors (Lipinski definition) is 2. The molecule has 0 spiro atoms. The average molecular weight is 402 g/mol. The van der Waals surface area contributed by atoms with Crippen molar-refractivity contribution in [1.82, 2.24) is 15.1 Å². The zero-order chi connectivity index (χ0) is 21.0. The molecule has 9 heteroatoms. The van der Waals surface area contributed by atoms with Crippen LogP contribution in [0.25, 0.3) is 0 Å². The number of benzene rings is 1. The number of alkyl carbamates (subject to hydrolysis) is 1. The average Bonchev–Trinajstić information content (AvgIpc) is 3.06. The van der Waals surface area contributed by atoms with Crippen molar-refractivity contribution in [3.05, 3.63) is 36.7 Å². The predicted octanol–water partition coefficient (Wildman–Crippen LogP) is 2.57. The molecule has 2 unspecified atom stereocenters. The van der Waals surface area contributed by atoms with Gasteiger partial charge in [0.25, 0.3) is 0 Å². The van der Waals surface area contributed by atoms with Crippen LogP contribution in [0.2, 0.25) is 0 Å². The molecule has 0 saturated heterocycles. The highest BCUT2D eigenvalue weighted by Gasteiger charge is 2.23. The fourth-order valence-corrected chi connectivity index (χ4v) is 2.69. The third-order valence-electron chi connectivity index (χ3n) is 3.99. The van der Waals surface area contributed by atoms with Gasteiger partial charge in [-0.2, -0.15) is 5.10 Å². The Balaban J connectivity index is 1.50. The first-order valence-electron chi connectivity index (χ1n) is 9.41. The van der Waals surface area contributed by atoms with Crippen LogP contribution in [0.4, 0.5) is 10.5 Å². The topological polar surface area (TPSA) is 104 Å². The predicted molar refractivity (Wildman–Crippen MR) is 106 cm³/mol. The Bertz CT molecular complexity index is 874. The van der Waals surface area contributed by atoms with Crippen LogP contribution >= 0.6 is 0 Å². The van der Waals surface area contributed by atoms with Gasteiger partial charge in [0.1, 0.15) is 18.2 Å². The quantitative estimate of drug-likeness (QED) is 0.797. The summed E-state index contributed by atoms with van der Waals surface area (Å²) >= 11 is 0. The van der Waals surface area contributed by atoms with Gasteiger partial charge in [-0.3, -0.25) is 9.48 Å². The molecule has 1 aliphatic rings. The number of anilines is 1. The molecule has 1 aromatic heterocycles. The molecule has 2 heterocycles. The number of hydrogen-bond acceptors (Lipinski definition) is 6. The van der Waals surface area contributed by atoms with Crippen LogP contribution in [0.3, 0.4) is 0 Å². The maximum atomic E-state index is 12.3. The fraction of sp³-hybridized carbons (Fsp3) is 0.450. The van der Waals surface area contributed by atoms with E-state index in [4.69, 9.17) is 14.2 Å². The summed E-state index contributed by atoms with van der Waals surface area (Å²) in [5, 5.41) is 9.46. The minimum absolute atomic E-state index is 0.193. The molecule has 0 bridgehead atoms. The third-order valence-corrected chi connectivity index (χ3v) is 3.99. The van der Waals surface area contributed by atoms with E-state index < -0.39 is 17.7 Å². The lowest BCUT2D eigenvalue weighted by Gasteiger charge is -2.26. The van der Waals surface area contributed by atoms with Gasteiger partial charge in [-0.05, 0) is 39.8 Å². The summed E-state index contributed by atoms with van der Waals surface area (Å²) in [5.41, 5.74) is -0.114. The van der Waals surface area contributed by atoms with E-state index in [1.165, 1.54) is 6.20 Å². The van der Waals surface area contributed by atoms with E-state index in [1.807, 2.05) is 24.3 Å². The zero-order valence-electron chi connectivity index (χ0n) is 17.0. The first-order valence-corrected chi connectivity index (χ1v) is 9.41. The van der Waals surface area contributed by atoms with Crippen molar-refractivity contribution >= 4 is 17.7 Å². The molecule has 0 fully saturated rings. The molecule has 9 nitrogen and oxygen atoms in total. The minimum atomic E-state index is -0.764. The van der Waals surface area contributed by atoms with Crippen molar-refractivity contribution in [3.63, 3.8) is 0 Å². The van der Waals surface area contributed by atoms with E-state index in [-0.39, 0.29) is 12.0 Å². The molecule has 0 saturated carbocycles. The van der Waals surface area contributed by atoms with Gasteiger partial charge >= 0.3 is 6.09 Å². The first-order chi connectivity index (χ1) is 13.7. The highest BCUT2D eigenvalue weighted by atomic mass is 16.6. The van der Waals surface area contributed by atoms with Crippen molar-refractivity contribution in [2.45, 2.75) is 52.0 Å². The van der Waals surface area contributed by atoms with Gasteiger partial charge in [-0.1, -0.05) is 12.1 Å². The van der Waals surface area contributed by atoms with Crippen molar-refractivity contribution in [3.8, 4) is 11.5 Å². The second-order valence-corrected chi connectivity index (χ2v) is 7.81. The zero-order valence-corrected chi connectivity index (χ0v) is 17.0. The van der Waals surface area contributed by atoms with Crippen molar-refractivity contribution < 1.29 is 23.8 Å². The molecular formula is C20H26N4O5. The van der Waals surface area contributed by atoms with Crippen molar-refractivity contribution in [2.75, 3.05) is 11.9 Å². The van der Waals surface area contributed by atoms with E-state index in [9.17, 15) is 9.59 Å². The molecule has 2 amide bonds. The number of nitrogens with one attached hydrogen (secondary N) is 2. The summed E-state index contributed by atoms with van der Waals surface area (Å²) in [6.45, 7) is 7.72. The van der Waals surface area contributed by atoms with Crippen LogP contribution < -0.4 is 20.1 Å². The number of rotatable bonds is 5. The standard InChI is InChI=1S/C20H26N4O5/c1-13(22-19(26)29-20(2,3)4)18(25)23-14-9-21-24(10-14)11-15-12-27-16-7-5-6-8-17(16)28-15/h5-10,13,15H,11-12H2,1-4H3,(H,22,26)(H,23,25). The largest absolute Gasteiger partial charge is 0.486 e. The van der Waals surface area contributed by atoms with Crippen molar-refractivity contribution in [1.29, 1.82) is 0 Å². The molecule has 2 aromatic rings. The Hall–Kier alpha value is -3.23. The van der Waals surface area contributed by atoms with E-state index in [1.54, 1.807) is 38.6 Å². The summed E-state index contributed by atoms with van der Waals surface area (Å²) in [5.74, 6) is 1.05. The first kappa shape index (κ1) is 20.5. The Morgan fingerprint density at radius 1 is 1.31 bits per heavy atom. The molecule has 0 radical (unpaired) electrons. The van der Waals surface area contributed by atoms with Gasteiger partial charge in [0.05, 0.1) is 18.4 Å². The summed E-state index contributed by atoms with van der Waals surface area (Å²) in [6.07, 6.45) is 2.39. The summed E-state index contributed by atoms with van der Waals surface area (Å²) < 4.78 is 18.4. The second kappa shape index (κ2) is 8.42. The molecule has 156 valence electrons. The van der Waals surface area contributed by atoms with Crippen LogP contribution in [0.5, 0.6) is 11.5 Å². The Labute approximate surface area is 169 Å². The SMILES string of the molecule is CC(NC(=O)OC(C)(C)C)C(=O)Nc1cnn(CC2COc3ccccc3O2)c1. The highest BCUT2D eigenvalue weighted by Crippen LogP contribution is 2.31. The second-order valence-electron chi connectivity index (χ2n) is 7.81. The summed E-state index contributed by atoms with van der Waals surface area (Å²) in [4.78, 5) is 24.1. The van der Waals surface area contributed by atoms with E-state index >= 15 is 0 Å². The van der Waals surface area contributed by atoms with Crippen LogP contribution in [-0.2, 0) is 16.1 Å². The molecular weight excluding hydrogens is 376 g/mol. The molecule has 3 rings (SSSR count). The maximum absolute atomic E-state index is 12.3. The number of ether oxygens (including phenoxy) is 3. The smallest absolute Gasteiger partial charge is 0.408 e. The lowest BCUT2D eigenvalue weighted by atomic mass is 10.2. The number of amides is 2. The number of fused-ring (bicyclic) bond motifs is 1. The molecule has 0 aliphatic carbocycles. The number of para-hydroxylation sites is 2. The van der Waals surface area contributed by atoms with E-state index in [2.05, 4.69) is 15.7 Å². The lowest BCUT2D eigenvalue weighted by Crippen LogP contribution is -2.43. The Kier molecular flexibility index (Phi) is 5.95. The van der Waals surface area contributed by atoms with Crippen LogP contribution in [0.1, 0.15) is 27.7 Å². The molecule has 2 N–H and O–H groups in total. The lowest BCUT2D eigenvalue weighted by molar-refractivity contribution is -0.117. The van der Waals surface area contributed by atoms with Gasteiger partial charge in [-0.25, -0.2) is 4.79 Å². The highest BCUT2D eigenvalue weighted by molar-refractivity contribution is 5.96. The Morgan fingerprint density at radius 3 is 2.76 bits per heavy atom. The summed E-state index contributed by atoms with van der Waals surface area (Å²) in [7, 11) is 0. The number of carbonyl (C=O) groups excluding carboxylic acids is 2. The molecule has 29 heavy (non-hydrogen) atoms. The van der Waals surface area contributed by atoms with E-state index in [0.717, 1.165) is 5.75 Å². The minimum Gasteiger partial charge on any atom is -0.486 e. The monoisotopic (exact) mass is 402 g/mol. The summed E-state index contributed by atoms with van der Waals surface area (Å²) in [6, 6.07) is 6.73. The van der Waals surface area contributed by atoms with Gasteiger partial charge in [0, 0.05) is 6.20 Å². The Morgan fingerprint density at radius 2 is 2.03 bits per heavy atom. The maximum Gasteiger partial charge on any atom is 0.408 e. The number of aromatic nitrogens is 2. The molecule has 1 aliphatic heterocycles. The van der Waals surface area contributed by atoms with Crippen LogP contribution in [0, 0.1) is 0 Å². The number of carbonyl (C=O) groups is 2. The van der Waals surface area contributed by atoms with Gasteiger partial charge in [0.2, 0.25) is 5.91 Å². The normalized spacial score (nSPS) is 16.6. The van der Waals surface area contributed by atoms with Crippen LogP contribution in [0.15, 0.2) is 36.7 Å². The molecule has 1 aromatic carbocycles. The van der Waals surface area contributed by atoms with Crippen LogP contribution in [-0.4, -0.2) is 46.1 Å². The van der Waals surface area contributed by atoms with Crippen molar-refractivity contribution in [2.24, 2.45) is 0 Å². The van der Waals surface area contributed by atoms with Gasteiger partial charge in [0.15, 0.2) is 17.6 Å². The van der Waals surface area contributed by atoms with Gasteiger partial charge in [-0.15, -0.1) is 0 Å². The fourth-order valence-electron chi connectivity index (χ4n) is 2.69. The van der Waals surface area contributed by atoms with E-state index in [0.29, 0.717) is 24.6 Å². The molecule has 2 atom stereocenters. The number of nitrogens with zero attached hydrogens (tertiary/aromatic N) is 2. The van der Waals surface area contributed by atoms with Gasteiger partial charge < -0.3 is 24.8 Å². The third kappa shape index (κ3) is 5.87.